The molecule has 0 aliphatic carbocycles. The molecule has 1 aromatic heterocycles. The molecule has 0 aliphatic rings. The molecule has 1 heterocycles. The molecule has 122 valence electrons. The van der Waals surface area contributed by atoms with E-state index in [-0.39, 0.29) is 5.69 Å². The van der Waals surface area contributed by atoms with Crippen LogP contribution in [-0.2, 0) is 13.1 Å². The number of aryl methyl sites for hydroxylation is 1. The van der Waals surface area contributed by atoms with Crippen molar-refractivity contribution in [3.63, 3.8) is 0 Å². The normalized spacial score (nSPS) is 10.5. The minimum atomic E-state index is -0.977. The lowest BCUT2D eigenvalue weighted by Gasteiger charge is -2.22. The van der Waals surface area contributed by atoms with Gasteiger partial charge in [-0.3, -0.25) is 0 Å². The fraction of sp³-hybridized carbons (Fsp3) is 0.158. The number of carboxylic acid groups (broad SMARTS) is 1. The quantitative estimate of drug-likeness (QED) is 0.726. The van der Waals surface area contributed by atoms with Crippen molar-refractivity contribution in [1.29, 1.82) is 0 Å². The smallest absolute Gasteiger partial charge is 0.355 e. The summed E-state index contributed by atoms with van der Waals surface area (Å²) in [5.41, 5.74) is 2.47. The van der Waals surface area contributed by atoms with Crippen LogP contribution in [0.3, 0.4) is 0 Å². The van der Waals surface area contributed by atoms with Crippen LogP contribution in [0.25, 0.3) is 0 Å². The molecule has 5 heteroatoms. The molecule has 0 atom stereocenters. The predicted octanol–water partition coefficient (Wildman–Crippen LogP) is 4.36. The summed E-state index contributed by atoms with van der Waals surface area (Å²) in [6.45, 7) is 3.16. The van der Waals surface area contributed by atoms with Crippen molar-refractivity contribution in [2.75, 3.05) is 4.90 Å². The Kier molecular flexibility index (Phi) is 4.91. The molecule has 2 aromatic carbocycles. The number of hydrogen-bond donors (Lipinski definition) is 1. The zero-order valence-corrected chi connectivity index (χ0v) is 14.2. The first-order valence-electron chi connectivity index (χ1n) is 7.67. The maximum Gasteiger partial charge on any atom is 0.355 e. The van der Waals surface area contributed by atoms with Gasteiger partial charge in [0.05, 0.1) is 0 Å². The highest BCUT2D eigenvalue weighted by Crippen LogP contribution is 2.28. The fourth-order valence-corrected chi connectivity index (χ4v) is 3.41. The van der Waals surface area contributed by atoms with E-state index in [9.17, 15) is 9.90 Å². The van der Waals surface area contributed by atoms with Gasteiger partial charge in [-0.15, -0.1) is 11.3 Å². The van der Waals surface area contributed by atoms with Gasteiger partial charge in [0.25, 0.3) is 0 Å². The summed E-state index contributed by atoms with van der Waals surface area (Å²) in [6, 6.07) is 20.3. The number of aromatic nitrogens is 1. The minimum Gasteiger partial charge on any atom is -0.476 e. The Morgan fingerprint density at radius 3 is 1.92 bits per heavy atom. The highest BCUT2D eigenvalue weighted by molar-refractivity contribution is 7.15. The van der Waals surface area contributed by atoms with Crippen molar-refractivity contribution >= 4 is 22.4 Å². The van der Waals surface area contributed by atoms with Crippen LogP contribution in [0.1, 0.15) is 26.5 Å². The number of carboxylic acids is 1. The Bertz CT molecular complexity index is 774. The second kappa shape index (κ2) is 7.27. The van der Waals surface area contributed by atoms with Crippen LogP contribution in [0.5, 0.6) is 0 Å². The first kappa shape index (κ1) is 16.2. The molecule has 0 fully saturated rings. The Morgan fingerprint density at radius 2 is 1.50 bits per heavy atom. The Morgan fingerprint density at radius 1 is 1.00 bits per heavy atom. The summed E-state index contributed by atoms with van der Waals surface area (Å²) in [5.74, 6) is -0.977. The maximum atomic E-state index is 11.3. The van der Waals surface area contributed by atoms with Crippen LogP contribution in [0.2, 0.25) is 0 Å². The zero-order valence-electron chi connectivity index (χ0n) is 13.3. The lowest BCUT2D eigenvalue weighted by atomic mass is 10.2. The molecule has 0 unspecified atom stereocenters. The summed E-state index contributed by atoms with van der Waals surface area (Å²) in [5, 5.41) is 10.00. The molecule has 0 amide bonds. The van der Waals surface area contributed by atoms with E-state index < -0.39 is 5.97 Å². The van der Waals surface area contributed by atoms with Crippen LogP contribution in [0.4, 0.5) is 5.13 Å². The molecule has 0 radical (unpaired) electrons. The molecule has 0 spiro atoms. The first-order valence-corrected chi connectivity index (χ1v) is 8.48. The van der Waals surface area contributed by atoms with Crippen LogP contribution in [-0.4, -0.2) is 16.1 Å². The third-order valence-electron chi connectivity index (χ3n) is 3.69. The van der Waals surface area contributed by atoms with Gasteiger partial charge in [0.15, 0.2) is 10.8 Å². The Hall–Kier alpha value is -2.66. The van der Waals surface area contributed by atoms with E-state index in [1.165, 1.54) is 11.3 Å². The second-order valence-electron chi connectivity index (χ2n) is 5.53. The van der Waals surface area contributed by atoms with Crippen molar-refractivity contribution in [2.24, 2.45) is 0 Å². The number of carbonyl (C=O) groups is 1. The van der Waals surface area contributed by atoms with Gasteiger partial charge in [-0.05, 0) is 18.1 Å². The van der Waals surface area contributed by atoms with Gasteiger partial charge < -0.3 is 10.0 Å². The second-order valence-corrected chi connectivity index (χ2v) is 6.72. The molecular formula is C19H18N2O2S. The SMILES string of the molecule is Cc1sc(N(Cc2ccccc2)Cc2ccccc2)nc1C(=O)O. The molecule has 0 aliphatic heterocycles. The number of thiazole rings is 1. The van der Waals surface area contributed by atoms with E-state index in [0.717, 1.165) is 21.1 Å². The monoisotopic (exact) mass is 338 g/mol. The number of anilines is 1. The largest absolute Gasteiger partial charge is 0.476 e. The van der Waals surface area contributed by atoms with Gasteiger partial charge >= 0.3 is 5.97 Å². The predicted molar refractivity (Wildman–Crippen MR) is 96.6 cm³/mol. The standard InChI is InChI=1S/C19H18N2O2S/c1-14-17(18(22)23)20-19(24-14)21(12-15-8-4-2-5-9-15)13-16-10-6-3-7-11-16/h2-11H,12-13H2,1H3,(H,22,23). The summed E-state index contributed by atoms with van der Waals surface area (Å²) in [4.78, 5) is 18.5. The van der Waals surface area contributed by atoms with Crippen molar-refractivity contribution in [3.8, 4) is 0 Å². The average molecular weight is 338 g/mol. The fourth-order valence-electron chi connectivity index (χ4n) is 2.51. The minimum absolute atomic E-state index is 0.140. The van der Waals surface area contributed by atoms with E-state index in [1.54, 1.807) is 6.92 Å². The summed E-state index contributed by atoms with van der Waals surface area (Å²) in [6.07, 6.45) is 0. The molecule has 0 saturated heterocycles. The number of nitrogens with zero attached hydrogens (tertiary/aromatic N) is 2. The molecule has 4 nitrogen and oxygen atoms in total. The lowest BCUT2D eigenvalue weighted by Crippen LogP contribution is -2.22. The Balaban J connectivity index is 1.92. The third kappa shape index (κ3) is 3.81. The summed E-state index contributed by atoms with van der Waals surface area (Å²) >= 11 is 1.42. The number of aromatic carboxylic acids is 1. The van der Waals surface area contributed by atoms with Gasteiger partial charge in [-0.25, -0.2) is 9.78 Å². The number of hydrogen-bond acceptors (Lipinski definition) is 4. The lowest BCUT2D eigenvalue weighted by molar-refractivity contribution is 0.0690. The van der Waals surface area contributed by atoms with E-state index >= 15 is 0 Å². The van der Waals surface area contributed by atoms with Crippen LogP contribution in [0.15, 0.2) is 60.7 Å². The number of rotatable bonds is 6. The molecule has 24 heavy (non-hydrogen) atoms. The van der Waals surface area contributed by atoms with E-state index in [1.807, 2.05) is 36.4 Å². The summed E-state index contributed by atoms with van der Waals surface area (Å²) < 4.78 is 0. The van der Waals surface area contributed by atoms with Crippen molar-refractivity contribution in [2.45, 2.75) is 20.0 Å². The van der Waals surface area contributed by atoms with Crippen LogP contribution >= 0.6 is 11.3 Å². The van der Waals surface area contributed by atoms with Crippen LogP contribution in [0, 0.1) is 6.92 Å². The van der Waals surface area contributed by atoms with E-state index in [2.05, 4.69) is 34.1 Å². The van der Waals surface area contributed by atoms with Crippen LogP contribution < -0.4 is 4.90 Å². The van der Waals surface area contributed by atoms with Crippen molar-refractivity contribution < 1.29 is 9.90 Å². The average Bonchev–Trinajstić information content (AvgIpc) is 2.98. The van der Waals surface area contributed by atoms with Crippen molar-refractivity contribution in [3.05, 3.63) is 82.4 Å². The molecule has 1 N–H and O–H groups in total. The molecule has 0 saturated carbocycles. The third-order valence-corrected chi connectivity index (χ3v) is 4.72. The number of benzene rings is 2. The zero-order chi connectivity index (χ0) is 16.9. The van der Waals surface area contributed by atoms with Gasteiger partial charge in [-0.1, -0.05) is 60.7 Å². The topological polar surface area (TPSA) is 53.4 Å². The maximum absolute atomic E-state index is 11.3. The Labute approximate surface area is 145 Å². The summed E-state index contributed by atoms with van der Waals surface area (Å²) in [7, 11) is 0. The van der Waals surface area contributed by atoms with Gasteiger partial charge in [0.1, 0.15) is 0 Å². The van der Waals surface area contributed by atoms with E-state index in [0.29, 0.717) is 13.1 Å². The van der Waals surface area contributed by atoms with Gasteiger partial charge in [0.2, 0.25) is 0 Å². The molecular weight excluding hydrogens is 320 g/mol. The highest BCUT2D eigenvalue weighted by atomic mass is 32.1. The first-order chi connectivity index (χ1) is 11.6. The van der Waals surface area contributed by atoms with E-state index in [4.69, 9.17) is 0 Å². The highest BCUT2D eigenvalue weighted by Gasteiger charge is 2.19. The van der Waals surface area contributed by atoms with Gasteiger partial charge in [-0.2, -0.15) is 0 Å². The molecule has 0 bridgehead atoms. The molecule has 3 aromatic rings. The van der Waals surface area contributed by atoms with Gasteiger partial charge in [0, 0.05) is 18.0 Å². The molecule has 3 rings (SSSR count). The van der Waals surface area contributed by atoms with Crippen molar-refractivity contribution in [1.82, 2.24) is 4.98 Å².